The number of hydrogen-bond acceptors (Lipinski definition) is 3. The molecule has 124 valence electrons. The van der Waals surface area contributed by atoms with Gasteiger partial charge in [0.1, 0.15) is 5.75 Å². The highest BCUT2D eigenvalue weighted by Gasteiger charge is 2.18. The van der Waals surface area contributed by atoms with Gasteiger partial charge < -0.3 is 15.8 Å². The molecule has 2 aromatic carbocycles. The fourth-order valence-corrected chi connectivity index (χ4v) is 2.38. The van der Waals surface area contributed by atoms with Gasteiger partial charge in [0.25, 0.3) is 0 Å². The first-order valence-corrected chi connectivity index (χ1v) is 7.34. The predicted molar refractivity (Wildman–Crippen MR) is 94.9 cm³/mol. The lowest BCUT2D eigenvalue weighted by molar-refractivity contribution is -0.123. The summed E-state index contributed by atoms with van der Waals surface area (Å²) in [6.45, 7) is 1.92. The van der Waals surface area contributed by atoms with Gasteiger partial charge in [-0.2, -0.15) is 0 Å². The maximum absolute atomic E-state index is 12.3. The minimum absolute atomic E-state index is 0. The number of nitrogens with two attached hydrogens (primary N) is 1. The number of rotatable bonds is 6. The lowest BCUT2D eigenvalue weighted by atomic mass is 10.0. The zero-order chi connectivity index (χ0) is 15.9. The smallest absolute Gasteiger partial charge is 0.237 e. The van der Waals surface area contributed by atoms with Gasteiger partial charge in [0.05, 0.1) is 19.2 Å². The molecule has 3 N–H and O–H groups in total. The molecule has 0 aliphatic rings. The van der Waals surface area contributed by atoms with Gasteiger partial charge in [-0.25, -0.2) is 0 Å². The summed E-state index contributed by atoms with van der Waals surface area (Å²) in [5.74, 6) is 0.592. The molecule has 0 saturated carbocycles. The average Bonchev–Trinajstić information content (AvgIpc) is 2.55. The van der Waals surface area contributed by atoms with Crippen LogP contribution in [0, 0.1) is 0 Å². The molecule has 0 spiro atoms. The normalized spacial score (nSPS) is 12.7. The van der Waals surface area contributed by atoms with E-state index in [-0.39, 0.29) is 24.4 Å². The standard InChI is InChI=1S/C18H22N2O2.ClH/c1-13(15-10-6-7-11-17(15)22-2)20-18(21)16(19)12-14-8-4-3-5-9-14;/h3-11,13,16H,12,19H2,1-2H3,(H,20,21);1H/t13?,16-;/m0./s1. The van der Waals surface area contributed by atoms with Crippen LogP contribution in [0.25, 0.3) is 0 Å². The molecule has 0 radical (unpaired) electrons. The van der Waals surface area contributed by atoms with Crippen LogP contribution in [-0.4, -0.2) is 19.1 Å². The quantitative estimate of drug-likeness (QED) is 0.853. The fraction of sp³-hybridized carbons (Fsp3) is 0.278. The minimum Gasteiger partial charge on any atom is -0.496 e. The van der Waals surface area contributed by atoms with Crippen molar-refractivity contribution in [2.24, 2.45) is 5.73 Å². The summed E-state index contributed by atoms with van der Waals surface area (Å²) in [6.07, 6.45) is 0.519. The molecule has 2 rings (SSSR count). The molecule has 0 aromatic heterocycles. The van der Waals surface area contributed by atoms with Crippen molar-refractivity contribution in [1.29, 1.82) is 0 Å². The van der Waals surface area contributed by atoms with Crippen molar-refractivity contribution < 1.29 is 9.53 Å². The van der Waals surface area contributed by atoms with E-state index in [0.29, 0.717) is 6.42 Å². The second kappa shape index (κ2) is 9.18. The van der Waals surface area contributed by atoms with E-state index in [0.717, 1.165) is 16.9 Å². The molecule has 0 aliphatic heterocycles. The topological polar surface area (TPSA) is 64.3 Å². The van der Waals surface area contributed by atoms with Crippen molar-refractivity contribution >= 4 is 18.3 Å². The molecule has 0 fully saturated rings. The molecule has 0 aliphatic carbocycles. The summed E-state index contributed by atoms with van der Waals surface area (Å²) in [6, 6.07) is 16.7. The molecule has 23 heavy (non-hydrogen) atoms. The number of halogens is 1. The Morgan fingerprint density at radius 3 is 2.39 bits per heavy atom. The summed E-state index contributed by atoms with van der Waals surface area (Å²) in [5.41, 5.74) is 7.99. The Hall–Kier alpha value is -2.04. The fourth-order valence-electron chi connectivity index (χ4n) is 2.38. The number of carbonyl (C=O) groups excluding carboxylic acids is 1. The summed E-state index contributed by atoms with van der Waals surface area (Å²) < 4.78 is 5.32. The van der Waals surface area contributed by atoms with Crippen LogP contribution in [0.1, 0.15) is 24.1 Å². The van der Waals surface area contributed by atoms with Crippen LogP contribution in [0.4, 0.5) is 0 Å². The summed E-state index contributed by atoms with van der Waals surface area (Å²) in [7, 11) is 1.62. The van der Waals surface area contributed by atoms with E-state index in [2.05, 4.69) is 5.32 Å². The molecular weight excluding hydrogens is 312 g/mol. The van der Waals surface area contributed by atoms with Crippen LogP contribution in [0.2, 0.25) is 0 Å². The molecule has 0 heterocycles. The number of benzene rings is 2. The number of para-hydroxylation sites is 1. The molecule has 2 atom stereocenters. The minimum atomic E-state index is -0.570. The van der Waals surface area contributed by atoms with E-state index in [1.165, 1.54) is 0 Å². The Balaban J connectivity index is 0.00000264. The van der Waals surface area contributed by atoms with Gasteiger partial charge in [-0.05, 0) is 25.0 Å². The van der Waals surface area contributed by atoms with Crippen molar-refractivity contribution in [3.8, 4) is 5.75 Å². The van der Waals surface area contributed by atoms with Gasteiger partial charge in [0.15, 0.2) is 0 Å². The number of nitrogens with one attached hydrogen (secondary N) is 1. The second-order valence-corrected chi connectivity index (χ2v) is 5.27. The lowest BCUT2D eigenvalue weighted by Crippen LogP contribution is -2.43. The monoisotopic (exact) mass is 334 g/mol. The number of carbonyl (C=O) groups is 1. The Bertz CT molecular complexity index is 619. The zero-order valence-corrected chi connectivity index (χ0v) is 14.2. The third-order valence-electron chi connectivity index (χ3n) is 3.60. The highest BCUT2D eigenvalue weighted by atomic mass is 35.5. The summed E-state index contributed by atoms with van der Waals surface area (Å²) in [4.78, 5) is 12.3. The molecular formula is C18H23ClN2O2. The third kappa shape index (κ3) is 5.27. The first kappa shape index (κ1) is 19.0. The van der Waals surface area contributed by atoms with Gasteiger partial charge >= 0.3 is 0 Å². The van der Waals surface area contributed by atoms with Gasteiger partial charge in [-0.3, -0.25) is 4.79 Å². The van der Waals surface area contributed by atoms with E-state index in [1.807, 2.05) is 61.5 Å². The third-order valence-corrected chi connectivity index (χ3v) is 3.60. The molecule has 0 saturated heterocycles. The van der Waals surface area contributed by atoms with Crippen molar-refractivity contribution in [2.75, 3.05) is 7.11 Å². The first-order valence-electron chi connectivity index (χ1n) is 7.34. The van der Waals surface area contributed by atoms with Gasteiger partial charge in [0.2, 0.25) is 5.91 Å². The van der Waals surface area contributed by atoms with Crippen molar-refractivity contribution in [3.63, 3.8) is 0 Å². The number of methoxy groups -OCH3 is 1. The van der Waals surface area contributed by atoms with Crippen LogP contribution < -0.4 is 15.8 Å². The van der Waals surface area contributed by atoms with Crippen LogP contribution in [-0.2, 0) is 11.2 Å². The molecule has 4 nitrogen and oxygen atoms in total. The summed E-state index contributed by atoms with van der Waals surface area (Å²) >= 11 is 0. The van der Waals surface area contributed by atoms with Gasteiger partial charge in [-0.15, -0.1) is 12.4 Å². The Morgan fingerprint density at radius 2 is 1.74 bits per heavy atom. The zero-order valence-electron chi connectivity index (χ0n) is 13.4. The number of hydrogen-bond donors (Lipinski definition) is 2. The highest BCUT2D eigenvalue weighted by molar-refractivity contribution is 5.85. The van der Waals surface area contributed by atoms with Crippen molar-refractivity contribution in [3.05, 3.63) is 65.7 Å². The maximum Gasteiger partial charge on any atom is 0.237 e. The Labute approximate surface area is 143 Å². The molecule has 1 amide bonds. The van der Waals surface area contributed by atoms with Crippen LogP contribution >= 0.6 is 12.4 Å². The van der Waals surface area contributed by atoms with E-state index in [1.54, 1.807) is 7.11 Å². The van der Waals surface area contributed by atoms with Crippen LogP contribution in [0.15, 0.2) is 54.6 Å². The predicted octanol–water partition coefficient (Wildman–Crippen LogP) is 2.86. The highest BCUT2D eigenvalue weighted by Crippen LogP contribution is 2.24. The van der Waals surface area contributed by atoms with Gasteiger partial charge in [-0.1, -0.05) is 48.5 Å². The SMILES string of the molecule is COc1ccccc1C(C)NC(=O)[C@@H](N)Cc1ccccc1.Cl. The van der Waals surface area contributed by atoms with Crippen LogP contribution in [0.5, 0.6) is 5.75 Å². The first-order chi connectivity index (χ1) is 10.6. The van der Waals surface area contributed by atoms with E-state index in [9.17, 15) is 4.79 Å². The lowest BCUT2D eigenvalue weighted by Gasteiger charge is -2.19. The Kier molecular flexibility index (Phi) is 7.59. The molecule has 1 unspecified atom stereocenters. The van der Waals surface area contributed by atoms with E-state index >= 15 is 0 Å². The molecule has 5 heteroatoms. The number of ether oxygens (including phenoxy) is 1. The average molecular weight is 335 g/mol. The Morgan fingerprint density at radius 1 is 1.13 bits per heavy atom. The second-order valence-electron chi connectivity index (χ2n) is 5.27. The largest absolute Gasteiger partial charge is 0.496 e. The van der Waals surface area contributed by atoms with Crippen molar-refractivity contribution in [1.82, 2.24) is 5.32 Å². The van der Waals surface area contributed by atoms with Crippen molar-refractivity contribution in [2.45, 2.75) is 25.4 Å². The summed E-state index contributed by atoms with van der Waals surface area (Å²) in [5, 5.41) is 2.95. The molecule has 2 aromatic rings. The van der Waals surface area contributed by atoms with Crippen LogP contribution in [0.3, 0.4) is 0 Å². The number of amides is 1. The van der Waals surface area contributed by atoms with Gasteiger partial charge in [0, 0.05) is 5.56 Å². The maximum atomic E-state index is 12.3. The van der Waals surface area contributed by atoms with E-state index in [4.69, 9.17) is 10.5 Å². The molecule has 0 bridgehead atoms. The van der Waals surface area contributed by atoms with E-state index < -0.39 is 6.04 Å².